The van der Waals surface area contributed by atoms with Gasteiger partial charge in [-0.15, -0.1) is 11.8 Å². The van der Waals surface area contributed by atoms with Gasteiger partial charge in [0.2, 0.25) is 0 Å². The molecular weight excluding hydrogens is 228 g/mol. The van der Waals surface area contributed by atoms with Crippen molar-refractivity contribution in [3.05, 3.63) is 22.2 Å². The maximum Gasteiger partial charge on any atom is 0.275 e. The maximum absolute atomic E-state index is 10.7. The lowest BCUT2D eigenvalue weighted by Gasteiger charge is -2.08. The highest BCUT2D eigenvalue weighted by Crippen LogP contribution is 2.28. The number of thioether (sulfide) groups is 1. The van der Waals surface area contributed by atoms with Gasteiger partial charge in [-0.25, -0.2) is 10.8 Å². The van der Waals surface area contributed by atoms with E-state index in [-0.39, 0.29) is 5.69 Å². The Kier molecular flexibility index (Phi) is 4.51. The third kappa shape index (κ3) is 3.35. The number of nitrogen functional groups attached to an aromatic ring is 1. The molecule has 1 aromatic rings. The zero-order chi connectivity index (χ0) is 12.1. The lowest BCUT2D eigenvalue weighted by Crippen LogP contribution is -2.09. The molecule has 0 bridgehead atoms. The smallest absolute Gasteiger partial charge is 0.275 e. The van der Waals surface area contributed by atoms with E-state index in [1.54, 1.807) is 0 Å². The molecule has 1 aromatic heterocycles. The highest BCUT2D eigenvalue weighted by molar-refractivity contribution is 7.99. The van der Waals surface area contributed by atoms with Crippen molar-refractivity contribution in [3.63, 3.8) is 0 Å². The Hall–Kier alpha value is -1.34. The predicted octanol–water partition coefficient (Wildman–Crippen LogP) is 2.17. The number of pyridine rings is 1. The molecule has 7 heteroatoms. The molecule has 1 unspecified atom stereocenters. The molecule has 1 rings (SSSR count). The first-order valence-electron chi connectivity index (χ1n) is 4.86. The summed E-state index contributed by atoms with van der Waals surface area (Å²) >= 11 is 1.49. The van der Waals surface area contributed by atoms with E-state index in [1.807, 2.05) is 6.92 Å². The Labute approximate surface area is 97.7 Å². The summed E-state index contributed by atoms with van der Waals surface area (Å²) in [5.74, 6) is 5.51. The lowest BCUT2D eigenvalue weighted by atomic mass is 10.4. The number of nitrogens with two attached hydrogens (primary N) is 1. The number of hydrogen-bond donors (Lipinski definition) is 2. The lowest BCUT2D eigenvalue weighted by molar-refractivity contribution is -0.385. The summed E-state index contributed by atoms with van der Waals surface area (Å²) in [5.41, 5.74) is 2.32. The van der Waals surface area contributed by atoms with E-state index in [2.05, 4.69) is 17.3 Å². The molecule has 0 spiro atoms. The van der Waals surface area contributed by atoms with Crippen LogP contribution in [-0.4, -0.2) is 15.2 Å². The van der Waals surface area contributed by atoms with Gasteiger partial charge in [0.15, 0.2) is 0 Å². The first-order valence-corrected chi connectivity index (χ1v) is 5.74. The molecule has 0 aliphatic heterocycles. The Morgan fingerprint density at radius 2 is 2.38 bits per heavy atom. The molecule has 0 radical (unpaired) electrons. The topological polar surface area (TPSA) is 94.1 Å². The molecule has 0 aromatic carbocycles. The minimum Gasteiger partial charge on any atom is -0.308 e. The number of hydrogen-bond acceptors (Lipinski definition) is 6. The van der Waals surface area contributed by atoms with Gasteiger partial charge in [-0.3, -0.25) is 10.1 Å². The molecule has 0 saturated heterocycles. The number of rotatable bonds is 5. The standard InChI is InChI=1S/C9H14N4O2S/c1-3-6(2)16-9-5-7(13(14)15)4-8(11-9)12-10/h4-6H,3,10H2,1-2H3,(H,11,12). The number of nitro groups is 1. The second-order valence-corrected chi connectivity index (χ2v) is 4.75. The third-order valence-electron chi connectivity index (χ3n) is 2.04. The summed E-state index contributed by atoms with van der Waals surface area (Å²) < 4.78 is 0. The zero-order valence-corrected chi connectivity index (χ0v) is 9.95. The van der Waals surface area contributed by atoms with E-state index in [1.165, 1.54) is 23.9 Å². The van der Waals surface area contributed by atoms with E-state index in [9.17, 15) is 10.1 Å². The first-order chi connectivity index (χ1) is 7.56. The normalized spacial score (nSPS) is 12.2. The number of anilines is 1. The number of aromatic nitrogens is 1. The molecule has 1 atom stereocenters. The van der Waals surface area contributed by atoms with Crippen molar-refractivity contribution in [2.75, 3.05) is 5.43 Å². The SMILES string of the molecule is CCC(C)Sc1cc([N+](=O)[O-])cc(NN)n1. The predicted molar refractivity (Wildman–Crippen MR) is 64.3 cm³/mol. The molecule has 3 N–H and O–H groups in total. The second-order valence-electron chi connectivity index (χ2n) is 3.29. The molecule has 0 amide bonds. The molecule has 1 heterocycles. The molecule has 0 saturated carbocycles. The number of hydrazine groups is 1. The number of nitrogens with zero attached hydrogens (tertiary/aromatic N) is 2. The largest absolute Gasteiger partial charge is 0.308 e. The molecule has 88 valence electrons. The summed E-state index contributed by atoms with van der Waals surface area (Å²) in [4.78, 5) is 14.4. The molecule has 6 nitrogen and oxygen atoms in total. The Balaban J connectivity index is 2.99. The van der Waals surface area contributed by atoms with Crippen molar-refractivity contribution in [1.82, 2.24) is 4.98 Å². The van der Waals surface area contributed by atoms with Crippen molar-refractivity contribution in [2.24, 2.45) is 5.84 Å². The van der Waals surface area contributed by atoms with Gasteiger partial charge in [-0.2, -0.15) is 0 Å². The summed E-state index contributed by atoms with van der Waals surface area (Å²) in [6, 6.07) is 2.76. The fraction of sp³-hybridized carbons (Fsp3) is 0.444. The van der Waals surface area contributed by atoms with Crippen LogP contribution in [0.2, 0.25) is 0 Å². The highest BCUT2D eigenvalue weighted by atomic mass is 32.2. The van der Waals surface area contributed by atoms with E-state index in [0.29, 0.717) is 16.1 Å². The van der Waals surface area contributed by atoms with Crippen LogP contribution in [-0.2, 0) is 0 Å². The van der Waals surface area contributed by atoms with Crippen LogP contribution in [0.1, 0.15) is 20.3 Å². The van der Waals surface area contributed by atoms with Crippen molar-refractivity contribution >= 4 is 23.3 Å². The van der Waals surface area contributed by atoms with Crippen LogP contribution in [0, 0.1) is 10.1 Å². The van der Waals surface area contributed by atoms with Gasteiger partial charge in [0.1, 0.15) is 10.8 Å². The van der Waals surface area contributed by atoms with Crippen molar-refractivity contribution in [1.29, 1.82) is 0 Å². The van der Waals surface area contributed by atoms with Gasteiger partial charge in [0.05, 0.1) is 11.0 Å². The van der Waals surface area contributed by atoms with Gasteiger partial charge >= 0.3 is 0 Å². The molecular formula is C9H14N4O2S. The van der Waals surface area contributed by atoms with E-state index < -0.39 is 4.92 Å². The number of nitrogens with one attached hydrogen (secondary N) is 1. The minimum absolute atomic E-state index is 0.00578. The summed E-state index contributed by atoms with van der Waals surface area (Å²) in [5, 5.41) is 11.6. The van der Waals surface area contributed by atoms with Gasteiger partial charge in [-0.1, -0.05) is 13.8 Å². The Morgan fingerprint density at radius 1 is 1.69 bits per heavy atom. The van der Waals surface area contributed by atoms with Crippen molar-refractivity contribution in [3.8, 4) is 0 Å². The molecule has 0 aliphatic carbocycles. The van der Waals surface area contributed by atoms with Crippen LogP contribution in [0.5, 0.6) is 0 Å². The Bertz CT molecular complexity index is 386. The van der Waals surface area contributed by atoms with Crippen molar-refractivity contribution < 1.29 is 4.92 Å². The summed E-state index contributed by atoms with van der Waals surface area (Å²) in [6.45, 7) is 4.10. The Morgan fingerprint density at radius 3 is 2.88 bits per heavy atom. The molecule has 16 heavy (non-hydrogen) atoms. The van der Waals surface area contributed by atoms with Gasteiger partial charge in [0.25, 0.3) is 5.69 Å². The minimum atomic E-state index is -0.455. The van der Waals surface area contributed by atoms with Crippen LogP contribution >= 0.6 is 11.8 Å². The van der Waals surface area contributed by atoms with Crippen LogP contribution < -0.4 is 11.3 Å². The van der Waals surface area contributed by atoms with E-state index in [4.69, 9.17) is 5.84 Å². The average molecular weight is 242 g/mol. The van der Waals surface area contributed by atoms with E-state index >= 15 is 0 Å². The highest BCUT2D eigenvalue weighted by Gasteiger charge is 2.12. The third-order valence-corrected chi connectivity index (χ3v) is 3.23. The van der Waals surface area contributed by atoms with Crippen LogP contribution in [0.4, 0.5) is 11.5 Å². The summed E-state index contributed by atoms with van der Waals surface area (Å²) in [6.07, 6.45) is 0.973. The van der Waals surface area contributed by atoms with Gasteiger partial charge in [0, 0.05) is 11.3 Å². The van der Waals surface area contributed by atoms with Gasteiger partial charge in [-0.05, 0) is 6.42 Å². The first kappa shape index (κ1) is 12.7. The van der Waals surface area contributed by atoms with E-state index in [0.717, 1.165) is 6.42 Å². The van der Waals surface area contributed by atoms with Gasteiger partial charge < -0.3 is 5.43 Å². The van der Waals surface area contributed by atoms with Crippen molar-refractivity contribution in [2.45, 2.75) is 30.5 Å². The zero-order valence-electron chi connectivity index (χ0n) is 9.14. The van der Waals surface area contributed by atoms with Crippen LogP contribution in [0.25, 0.3) is 0 Å². The summed E-state index contributed by atoms with van der Waals surface area (Å²) in [7, 11) is 0. The molecule has 0 fully saturated rings. The maximum atomic E-state index is 10.7. The fourth-order valence-electron chi connectivity index (χ4n) is 1.02. The van der Waals surface area contributed by atoms with Crippen LogP contribution in [0.3, 0.4) is 0 Å². The quantitative estimate of drug-likeness (QED) is 0.355. The molecule has 0 aliphatic rings. The second kappa shape index (κ2) is 5.66. The fourth-order valence-corrected chi connectivity index (χ4v) is 1.94. The van der Waals surface area contributed by atoms with Crippen LogP contribution in [0.15, 0.2) is 17.2 Å². The monoisotopic (exact) mass is 242 g/mol. The average Bonchev–Trinajstić information content (AvgIpc) is 2.28.